The van der Waals surface area contributed by atoms with Crippen molar-refractivity contribution in [3.63, 3.8) is 0 Å². The molecule has 0 aliphatic heterocycles. The lowest BCUT2D eigenvalue weighted by Gasteiger charge is -2.18. The van der Waals surface area contributed by atoms with Crippen molar-refractivity contribution >= 4 is 0 Å². The van der Waals surface area contributed by atoms with Crippen LogP contribution in [0.1, 0.15) is 23.5 Å². The number of benzene rings is 1. The van der Waals surface area contributed by atoms with E-state index in [9.17, 15) is 23.3 Å². The predicted octanol–water partition coefficient (Wildman–Crippen LogP) is 2.45. The second kappa shape index (κ2) is 5.81. The van der Waals surface area contributed by atoms with Gasteiger partial charge < -0.3 is 5.11 Å². The number of nitrogens with zero attached hydrogens (tertiary/aromatic N) is 1. The summed E-state index contributed by atoms with van der Waals surface area (Å²) >= 11 is 0. The normalized spacial score (nSPS) is 13.3. The topological polar surface area (TPSA) is 63.4 Å². The molecule has 0 saturated carbocycles. The van der Waals surface area contributed by atoms with Crippen LogP contribution in [0, 0.1) is 10.1 Å². The van der Waals surface area contributed by atoms with Crippen LogP contribution in [0.25, 0.3) is 0 Å². The lowest BCUT2D eigenvalue weighted by Crippen LogP contribution is -2.18. The van der Waals surface area contributed by atoms with Gasteiger partial charge in [0.15, 0.2) is 0 Å². The third-order valence-electron chi connectivity index (χ3n) is 2.55. The quantitative estimate of drug-likeness (QED) is 0.655. The second-order valence-electron chi connectivity index (χ2n) is 3.81. The molecule has 0 aliphatic carbocycles. The maximum absolute atomic E-state index is 12.8. The minimum atomic E-state index is -4.55. The average Bonchev–Trinajstić information content (AvgIpc) is 2.27. The fourth-order valence-electron chi connectivity index (χ4n) is 1.79. The predicted molar refractivity (Wildman–Crippen MR) is 57.7 cm³/mol. The van der Waals surface area contributed by atoms with Gasteiger partial charge in [0.25, 0.3) is 0 Å². The first-order valence-electron chi connectivity index (χ1n) is 5.25. The van der Waals surface area contributed by atoms with Crippen LogP contribution in [-0.4, -0.2) is 23.2 Å². The van der Waals surface area contributed by atoms with Gasteiger partial charge in [0.1, 0.15) is 0 Å². The molecule has 0 saturated heterocycles. The van der Waals surface area contributed by atoms with Gasteiger partial charge >= 0.3 is 6.18 Å². The molecule has 0 heterocycles. The van der Waals surface area contributed by atoms with E-state index in [4.69, 9.17) is 5.11 Å². The summed E-state index contributed by atoms with van der Waals surface area (Å²) in [7, 11) is 0. The number of nitro groups is 1. The summed E-state index contributed by atoms with van der Waals surface area (Å²) < 4.78 is 38.3. The number of aliphatic hydroxyl groups excluding tert-OH is 1. The molecule has 0 aliphatic rings. The molecule has 7 heteroatoms. The number of hydrogen-bond acceptors (Lipinski definition) is 3. The zero-order chi connectivity index (χ0) is 13.8. The SMILES string of the molecule is O=[N+]([O-])C[C@@H](CCO)c1ccccc1C(F)(F)F. The molecule has 0 unspecified atom stereocenters. The van der Waals surface area contributed by atoms with Crippen molar-refractivity contribution in [1.82, 2.24) is 0 Å². The summed E-state index contributed by atoms with van der Waals surface area (Å²) in [5.74, 6) is -0.942. The van der Waals surface area contributed by atoms with Crippen LogP contribution in [0.2, 0.25) is 0 Å². The van der Waals surface area contributed by atoms with Crippen LogP contribution in [0.15, 0.2) is 24.3 Å². The highest BCUT2D eigenvalue weighted by Crippen LogP contribution is 2.36. The number of halogens is 3. The number of rotatable bonds is 5. The Morgan fingerprint density at radius 2 is 1.94 bits per heavy atom. The van der Waals surface area contributed by atoms with Crippen LogP contribution < -0.4 is 0 Å². The lowest BCUT2D eigenvalue weighted by atomic mass is 9.91. The third-order valence-corrected chi connectivity index (χ3v) is 2.55. The number of alkyl halides is 3. The largest absolute Gasteiger partial charge is 0.416 e. The fourth-order valence-corrected chi connectivity index (χ4v) is 1.79. The Morgan fingerprint density at radius 3 is 2.44 bits per heavy atom. The molecule has 0 fully saturated rings. The van der Waals surface area contributed by atoms with Gasteiger partial charge in [-0.3, -0.25) is 10.1 Å². The first-order chi connectivity index (χ1) is 8.36. The molecule has 0 spiro atoms. The van der Waals surface area contributed by atoms with Crippen molar-refractivity contribution in [2.45, 2.75) is 18.5 Å². The van der Waals surface area contributed by atoms with Gasteiger partial charge in [0.05, 0.1) is 11.5 Å². The van der Waals surface area contributed by atoms with Gasteiger partial charge in [0, 0.05) is 11.5 Å². The summed E-state index contributed by atoms with van der Waals surface area (Å²) in [6, 6.07) is 4.73. The van der Waals surface area contributed by atoms with Crippen molar-refractivity contribution in [1.29, 1.82) is 0 Å². The van der Waals surface area contributed by atoms with Crippen molar-refractivity contribution < 1.29 is 23.2 Å². The molecule has 0 radical (unpaired) electrons. The molecule has 4 nitrogen and oxygen atoms in total. The van der Waals surface area contributed by atoms with Gasteiger partial charge in [-0.05, 0) is 18.1 Å². The van der Waals surface area contributed by atoms with Crippen LogP contribution in [0.4, 0.5) is 13.2 Å². The molecule has 100 valence electrons. The zero-order valence-corrected chi connectivity index (χ0v) is 9.35. The molecular weight excluding hydrogens is 251 g/mol. The molecule has 0 amide bonds. The first kappa shape index (κ1) is 14.4. The minimum Gasteiger partial charge on any atom is -0.396 e. The fraction of sp³-hybridized carbons (Fsp3) is 0.455. The summed E-state index contributed by atoms with van der Waals surface area (Å²) in [5, 5.41) is 19.3. The van der Waals surface area contributed by atoms with Gasteiger partial charge in [-0.25, -0.2) is 0 Å². The van der Waals surface area contributed by atoms with Crippen molar-refractivity contribution in [2.24, 2.45) is 0 Å². The Bertz CT molecular complexity index is 420. The standard InChI is InChI=1S/C11H12F3NO3/c12-11(13,14)10-4-2-1-3-9(10)8(5-6-16)7-15(17)18/h1-4,8,16H,5-7H2/t8-/m1/s1. The highest BCUT2D eigenvalue weighted by atomic mass is 19.4. The second-order valence-corrected chi connectivity index (χ2v) is 3.81. The highest BCUT2D eigenvalue weighted by Gasteiger charge is 2.35. The van der Waals surface area contributed by atoms with Crippen molar-refractivity contribution in [2.75, 3.05) is 13.2 Å². The molecule has 1 aromatic carbocycles. The lowest BCUT2D eigenvalue weighted by molar-refractivity contribution is -0.483. The van der Waals surface area contributed by atoms with E-state index >= 15 is 0 Å². The Morgan fingerprint density at radius 1 is 1.33 bits per heavy atom. The maximum Gasteiger partial charge on any atom is 0.416 e. The summed E-state index contributed by atoms with van der Waals surface area (Å²) in [5.41, 5.74) is -1.03. The van der Waals surface area contributed by atoms with Crippen LogP contribution in [0.5, 0.6) is 0 Å². The molecule has 0 aromatic heterocycles. The number of hydrogen-bond donors (Lipinski definition) is 1. The van der Waals surface area contributed by atoms with E-state index in [0.717, 1.165) is 6.07 Å². The van der Waals surface area contributed by atoms with Gasteiger partial charge in [-0.1, -0.05) is 18.2 Å². The van der Waals surface area contributed by atoms with Crippen LogP contribution in [0.3, 0.4) is 0 Å². The zero-order valence-electron chi connectivity index (χ0n) is 9.35. The Balaban J connectivity index is 3.15. The van der Waals surface area contributed by atoms with E-state index in [1.807, 2.05) is 0 Å². The molecular formula is C11H12F3NO3. The monoisotopic (exact) mass is 263 g/mol. The van der Waals surface area contributed by atoms with Gasteiger partial charge in [-0.15, -0.1) is 0 Å². The van der Waals surface area contributed by atoms with E-state index in [1.54, 1.807) is 0 Å². The first-order valence-corrected chi connectivity index (χ1v) is 5.25. The minimum absolute atomic E-state index is 0.0753. The summed E-state index contributed by atoms with van der Waals surface area (Å²) in [4.78, 5) is 9.79. The molecule has 1 rings (SSSR count). The average molecular weight is 263 g/mol. The Labute approximate surface area is 101 Å². The smallest absolute Gasteiger partial charge is 0.396 e. The molecule has 1 atom stereocenters. The van der Waals surface area contributed by atoms with Crippen molar-refractivity contribution in [3.8, 4) is 0 Å². The number of aliphatic hydroxyl groups is 1. The van der Waals surface area contributed by atoms with E-state index < -0.39 is 35.7 Å². The molecule has 1 aromatic rings. The maximum atomic E-state index is 12.8. The third kappa shape index (κ3) is 3.69. The van der Waals surface area contributed by atoms with E-state index in [2.05, 4.69) is 0 Å². The molecule has 1 N–H and O–H groups in total. The Kier molecular flexibility index (Phi) is 4.66. The van der Waals surface area contributed by atoms with Gasteiger partial charge in [0.2, 0.25) is 6.54 Å². The van der Waals surface area contributed by atoms with E-state index in [1.165, 1.54) is 18.2 Å². The van der Waals surface area contributed by atoms with E-state index in [0.29, 0.717) is 0 Å². The van der Waals surface area contributed by atoms with Crippen molar-refractivity contribution in [3.05, 3.63) is 45.5 Å². The van der Waals surface area contributed by atoms with E-state index in [-0.39, 0.29) is 12.0 Å². The molecule has 0 bridgehead atoms. The molecule has 18 heavy (non-hydrogen) atoms. The van der Waals surface area contributed by atoms with Gasteiger partial charge in [-0.2, -0.15) is 13.2 Å². The van der Waals surface area contributed by atoms with Crippen LogP contribution >= 0.6 is 0 Å². The summed E-state index contributed by atoms with van der Waals surface area (Å²) in [6.45, 7) is -1.03. The van der Waals surface area contributed by atoms with Crippen LogP contribution in [-0.2, 0) is 6.18 Å². The summed E-state index contributed by atoms with van der Waals surface area (Å²) in [6.07, 6.45) is -4.63. The highest BCUT2D eigenvalue weighted by molar-refractivity contribution is 5.32. The Hall–Kier alpha value is -1.63.